The number of rotatable bonds is 3. The molecule has 1 saturated carbocycles. The number of carbonyl (C=O) groups excluding carboxylic acids is 1. The van der Waals surface area contributed by atoms with Crippen molar-refractivity contribution in [1.29, 1.82) is 0 Å². The molecule has 1 unspecified atom stereocenters. The van der Waals surface area contributed by atoms with E-state index in [9.17, 15) is 9.90 Å². The molecule has 0 aliphatic heterocycles. The van der Waals surface area contributed by atoms with Crippen molar-refractivity contribution in [2.45, 2.75) is 44.4 Å². The fourth-order valence-electron chi connectivity index (χ4n) is 2.23. The molecule has 1 aromatic rings. The van der Waals surface area contributed by atoms with E-state index in [1.54, 1.807) is 0 Å². The Morgan fingerprint density at radius 3 is 2.83 bits per heavy atom. The molecule has 0 saturated heterocycles. The van der Waals surface area contributed by atoms with E-state index < -0.39 is 6.09 Å². The molecule has 0 heterocycles. The number of alkyl carbamates (subject to hydrolysis) is 1. The number of nitrogens with one attached hydrogen (secondary N) is 1. The van der Waals surface area contributed by atoms with Gasteiger partial charge < -0.3 is 15.2 Å². The van der Waals surface area contributed by atoms with E-state index >= 15 is 0 Å². The summed E-state index contributed by atoms with van der Waals surface area (Å²) in [7, 11) is 0. The average molecular weight is 249 g/mol. The lowest BCUT2D eigenvalue weighted by Gasteiger charge is -2.26. The molecule has 0 bridgehead atoms. The molecule has 2 N–H and O–H groups in total. The summed E-state index contributed by atoms with van der Waals surface area (Å²) >= 11 is 0. The molecule has 98 valence electrons. The van der Waals surface area contributed by atoms with Gasteiger partial charge in [0.15, 0.2) is 0 Å². The Morgan fingerprint density at radius 2 is 2.11 bits per heavy atom. The quantitative estimate of drug-likeness (QED) is 0.863. The average Bonchev–Trinajstić information content (AvgIpc) is 2.38. The monoisotopic (exact) mass is 249 g/mol. The van der Waals surface area contributed by atoms with Crippen LogP contribution in [0, 0.1) is 0 Å². The van der Waals surface area contributed by atoms with Crippen molar-refractivity contribution in [2.24, 2.45) is 0 Å². The van der Waals surface area contributed by atoms with E-state index in [4.69, 9.17) is 4.74 Å². The third-order valence-electron chi connectivity index (χ3n) is 3.18. The second-order valence-corrected chi connectivity index (χ2v) is 4.72. The van der Waals surface area contributed by atoms with Gasteiger partial charge in [-0.15, -0.1) is 0 Å². The lowest BCUT2D eigenvalue weighted by molar-refractivity contribution is 0.0997. The van der Waals surface area contributed by atoms with Crippen LogP contribution in [0.2, 0.25) is 0 Å². The number of hydrogen-bond acceptors (Lipinski definition) is 3. The van der Waals surface area contributed by atoms with Gasteiger partial charge in [-0.25, -0.2) is 4.79 Å². The Morgan fingerprint density at radius 1 is 1.33 bits per heavy atom. The van der Waals surface area contributed by atoms with Gasteiger partial charge in [0.05, 0.1) is 6.10 Å². The van der Waals surface area contributed by atoms with Gasteiger partial charge in [-0.3, -0.25) is 0 Å². The molecule has 18 heavy (non-hydrogen) atoms. The molecule has 4 nitrogen and oxygen atoms in total. The first-order valence-electron chi connectivity index (χ1n) is 6.39. The van der Waals surface area contributed by atoms with Crippen LogP contribution in [-0.4, -0.2) is 23.3 Å². The Hall–Kier alpha value is -1.55. The van der Waals surface area contributed by atoms with Crippen LogP contribution < -0.4 is 5.32 Å². The lowest BCUT2D eigenvalue weighted by atomic mass is 9.93. The standard InChI is InChI=1S/C14H19NO3/c16-13-8-4-7-12(9-13)15-14(17)18-10-11-5-2-1-3-6-11/h1-3,5-6,12-13,16H,4,7-10H2,(H,15,17)/t12-,13?/m1/s1. The maximum Gasteiger partial charge on any atom is 0.407 e. The van der Waals surface area contributed by atoms with Crippen LogP contribution in [-0.2, 0) is 11.3 Å². The maximum atomic E-state index is 11.6. The van der Waals surface area contributed by atoms with Gasteiger partial charge in [0.1, 0.15) is 6.61 Å². The first-order valence-corrected chi connectivity index (χ1v) is 6.39. The van der Waals surface area contributed by atoms with E-state index in [1.165, 1.54) is 0 Å². The first-order chi connectivity index (χ1) is 8.74. The third-order valence-corrected chi connectivity index (χ3v) is 3.18. The van der Waals surface area contributed by atoms with E-state index in [1.807, 2.05) is 30.3 Å². The molecule has 1 fully saturated rings. The summed E-state index contributed by atoms with van der Waals surface area (Å²) in [6.45, 7) is 0.280. The van der Waals surface area contributed by atoms with Gasteiger partial charge in [-0.1, -0.05) is 30.3 Å². The van der Waals surface area contributed by atoms with Crippen LogP contribution in [0.4, 0.5) is 4.79 Å². The van der Waals surface area contributed by atoms with Crippen molar-refractivity contribution in [2.75, 3.05) is 0 Å². The molecule has 0 aromatic heterocycles. The highest BCUT2D eigenvalue weighted by molar-refractivity contribution is 5.67. The molecule has 0 radical (unpaired) electrons. The predicted molar refractivity (Wildman–Crippen MR) is 68.0 cm³/mol. The van der Waals surface area contributed by atoms with Crippen LogP contribution in [0.25, 0.3) is 0 Å². The molecule has 1 aliphatic rings. The lowest BCUT2D eigenvalue weighted by Crippen LogP contribution is -2.39. The van der Waals surface area contributed by atoms with Gasteiger partial charge >= 0.3 is 6.09 Å². The van der Waals surface area contributed by atoms with E-state index in [0.717, 1.165) is 24.8 Å². The second kappa shape index (κ2) is 6.40. The predicted octanol–water partition coefficient (Wildman–Crippen LogP) is 2.22. The second-order valence-electron chi connectivity index (χ2n) is 4.72. The summed E-state index contributed by atoms with van der Waals surface area (Å²) in [5, 5.41) is 12.3. The Bertz CT molecular complexity index is 380. The normalized spacial score (nSPS) is 23.4. The van der Waals surface area contributed by atoms with Gasteiger partial charge in [-0.2, -0.15) is 0 Å². The maximum absolute atomic E-state index is 11.6. The van der Waals surface area contributed by atoms with E-state index in [-0.39, 0.29) is 18.8 Å². The summed E-state index contributed by atoms with van der Waals surface area (Å²) in [6, 6.07) is 9.61. The van der Waals surface area contributed by atoms with Gasteiger partial charge in [0.2, 0.25) is 0 Å². The molecule has 2 rings (SSSR count). The van der Waals surface area contributed by atoms with Crippen molar-refractivity contribution in [3.63, 3.8) is 0 Å². The molecule has 1 amide bonds. The number of amides is 1. The largest absolute Gasteiger partial charge is 0.445 e. The van der Waals surface area contributed by atoms with Crippen molar-refractivity contribution in [3.8, 4) is 0 Å². The van der Waals surface area contributed by atoms with E-state index in [0.29, 0.717) is 6.42 Å². The smallest absolute Gasteiger partial charge is 0.407 e. The van der Waals surface area contributed by atoms with Crippen molar-refractivity contribution in [3.05, 3.63) is 35.9 Å². The SMILES string of the molecule is O=C(N[C@@H]1CCCC(O)C1)OCc1ccccc1. The summed E-state index contributed by atoms with van der Waals surface area (Å²) in [5.41, 5.74) is 0.969. The summed E-state index contributed by atoms with van der Waals surface area (Å²) in [4.78, 5) is 11.6. The van der Waals surface area contributed by atoms with Crippen molar-refractivity contribution in [1.82, 2.24) is 5.32 Å². The first kappa shape index (κ1) is 12.9. The summed E-state index contributed by atoms with van der Waals surface area (Å²) < 4.78 is 5.13. The highest BCUT2D eigenvalue weighted by Gasteiger charge is 2.21. The van der Waals surface area contributed by atoms with Gasteiger partial charge in [0, 0.05) is 6.04 Å². The molecule has 1 aliphatic carbocycles. The van der Waals surface area contributed by atoms with Gasteiger partial charge in [-0.05, 0) is 31.2 Å². The Kier molecular flexibility index (Phi) is 4.59. The summed E-state index contributed by atoms with van der Waals surface area (Å²) in [5.74, 6) is 0. The minimum Gasteiger partial charge on any atom is -0.445 e. The topological polar surface area (TPSA) is 58.6 Å². The highest BCUT2D eigenvalue weighted by Crippen LogP contribution is 2.18. The molecule has 1 aromatic carbocycles. The van der Waals surface area contributed by atoms with Crippen LogP contribution in [0.5, 0.6) is 0 Å². The summed E-state index contributed by atoms with van der Waals surface area (Å²) in [6.07, 6.45) is 2.62. The Balaban J connectivity index is 1.72. The number of ether oxygens (including phenoxy) is 1. The zero-order valence-electron chi connectivity index (χ0n) is 10.3. The number of benzene rings is 1. The van der Waals surface area contributed by atoms with Crippen molar-refractivity contribution < 1.29 is 14.6 Å². The minimum atomic E-state index is -0.405. The number of carbonyl (C=O) groups is 1. The van der Waals surface area contributed by atoms with Crippen LogP contribution >= 0.6 is 0 Å². The number of aliphatic hydroxyl groups excluding tert-OH is 1. The number of aliphatic hydroxyl groups is 1. The third kappa shape index (κ3) is 4.04. The highest BCUT2D eigenvalue weighted by atomic mass is 16.5. The molecule has 4 heteroatoms. The van der Waals surface area contributed by atoms with Crippen LogP contribution in [0.1, 0.15) is 31.2 Å². The minimum absolute atomic E-state index is 0.0389. The van der Waals surface area contributed by atoms with Crippen molar-refractivity contribution >= 4 is 6.09 Å². The molecule has 2 atom stereocenters. The fourth-order valence-corrected chi connectivity index (χ4v) is 2.23. The Labute approximate surface area is 107 Å². The molecular formula is C14H19NO3. The zero-order valence-corrected chi connectivity index (χ0v) is 10.3. The zero-order chi connectivity index (χ0) is 12.8. The molecular weight excluding hydrogens is 230 g/mol. The van der Waals surface area contributed by atoms with E-state index in [2.05, 4.69) is 5.32 Å². The van der Waals surface area contributed by atoms with Gasteiger partial charge in [0.25, 0.3) is 0 Å². The molecule has 0 spiro atoms. The van der Waals surface area contributed by atoms with Crippen LogP contribution in [0.15, 0.2) is 30.3 Å². The van der Waals surface area contributed by atoms with Crippen LogP contribution in [0.3, 0.4) is 0 Å². The fraction of sp³-hybridized carbons (Fsp3) is 0.500. The number of hydrogen-bond donors (Lipinski definition) is 2.